The predicted molar refractivity (Wildman–Crippen MR) is 100 cm³/mol. The Balaban J connectivity index is 1.60. The molecular formula is C19H17BrN2O4. The van der Waals surface area contributed by atoms with Gasteiger partial charge in [-0.15, -0.1) is 0 Å². The summed E-state index contributed by atoms with van der Waals surface area (Å²) in [7, 11) is 1.49. The molecule has 7 heteroatoms. The molecule has 0 bridgehead atoms. The number of rotatable bonds is 7. The smallest absolute Gasteiger partial charge is 0.362 e. The number of halogens is 1. The van der Waals surface area contributed by atoms with Gasteiger partial charge in [-0.25, -0.2) is 9.48 Å². The normalized spacial score (nSPS) is 10.4. The fourth-order valence-corrected chi connectivity index (χ4v) is 2.66. The summed E-state index contributed by atoms with van der Waals surface area (Å²) in [5.41, 5.74) is 0.946. The Kier molecular flexibility index (Phi) is 5.91. The number of benzene rings is 2. The van der Waals surface area contributed by atoms with E-state index in [9.17, 15) is 4.79 Å². The lowest BCUT2D eigenvalue weighted by Gasteiger charge is -2.07. The molecule has 0 aliphatic heterocycles. The SMILES string of the molecule is COc1cn(-c2ccccc2)nc1C(=O)OCCOc1cccc(Br)c1. The number of ether oxygens (including phenoxy) is 3. The fraction of sp³-hybridized carbons (Fsp3) is 0.158. The molecule has 26 heavy (non-hydrogen) atoms. The van der Waals surface area contributed by atoms with E-state index in [0.29, 0.717) is 11.5 Å². The molecule has 3 rings (SSSR count). The number of para-hydroxylation sites is 1. The third kappa shape index (κ3) is 4.43. The molecule has 1 heterocycles. The van der Waals surface area contributed by atoms with Gasteiger partial charge >= 0.3 is 5.97 Å². The number of carbonyl (C=O) groups is 1. The summed E-state index contributed by atoms with van der Waals surface area (Å²) < 4.78 is 18.5. The van der Waals surface area contributed by atoms with E-state index in [1.165, 1.54) is 7.11 Å². The lowest BCUT2D eigenvalue weighted by molar-refractivity contribution is 0.0439. The zero-order chi connectivity index (χ0) is 18.4. The molecule has 134 valence electrons. The van der Waals surface area contributed by atoms with Crippen LogP contribution in [-0.4, -0.2) is 36.1 Å². The van der Waals surface area contributed by atoms with Gasteiger partial charge in [0.1, 0.15) is 19.0 Å². The maximum atomic E-state index is 12.3. The number of hydrogen-bond donors (Lipinski definition) is 0. The monoisotopic (exact) mass is 416 g/mol. The molecule has 0 fully saturated rings. The van der Waals surface area contributed by atoms with Crippen molar-refractivity contribution in [2.75, 3.05) is 20.3 Å². The fourth-order valence-electron chi connectivity index (χ4n) is 2.28. The number of esters is 1. The van der Waals surface area contributed by atoms with E-state index in [4.69, 9.17) is 14.2 Å². The highest BCUT2D eigenvalue weighted by molar-refractivity contribution is 9.10. The van der Waals surface area contributed by atoms with Crippen LogP contribution in [-0.2, 0) is 4.74 Å². The van der Waals surface area contributed by atoms with Crippen molar-refractivity contribution in [1.82, 2.24) is 9.78 Å². The molecule has 2 aromatic carbocycles. The largest absolute Gasteiger partial charge is 0.493 e. The Morgan fingerprint density at radius 3 is 2.65 bits per heavy atom. The maximum absolute atomic E-state index is 12.3. The standard InChI is InChI=1S/C19H17BrN2O4/c1-24-17-13-22(15-7-3-2-4-8-15)21-18(17)19(23)26-11-10-25-16-9-5-6-14(20)12-16/h2-9,12-13H,10-11H2,1H3. The summed E-state index contributed by atoms with van der Waals surface area (Å²) in [5, 5.41) is 4.27. The third-order valence-electron chi connectivity index (χ3n) is 3.50. The molecule has 0 aliphatic rings. The van der Waals surface area contributed by atoms with E-state index in [0.717, 1.165) is 10.2 Å². The number of carbonyl (C=O) groups excluding carboxylic acids is 1. The molecule has 0 saturated carbocycles. The van der Waals surface area contributed by atoms with Crippen molar-refractivity contribution in [2.45, 2.75) is 0 Å². The van der Waals surface area contributed by atoms with Crippen LogP contribution in [0.3, 0.4) is 0 Å². The second-order valence-electron chi connectivity index (χ2n) is 5.27. The van der Waals surface area contributed by atoms with E-state index in [-0.39, 0.29) is 18.9 Å². The topological polar surface area (TPSA) is 62.6 Å². The minimum Gasteiger partial charge on any atom is -0.493 e. The zero-order valence-corrected chi connectivity index (χ0v) is 15.7. The van der Waals surface area contributed by atoms with Crippen molar-refractivity contribution < 1.29 is 19.0 Å². The van der Waals surface area contributed by atoms with Crippen LogP contribution < -0.4 is 9.47 Å². The Morgan fingerprint density at radius 1 is 1.12 bits per heavy atom. The first-order valence-electron chi connectivity index (χ1n) is 7.92. The highest BCUT2D eigenvalue weighted by Gasteiger charge is 2.19. The van der Waals surface area contributed by atoms with Gasteiger partial charge in [0.25, 0.3) is 0 Å². The minimum atomic E-state index is -0.561. The summed E-state index contributed by atoms with van der Waals surface area (Å²) >= 11 is 3.37. The van der Waals surface area contributed by atoms with Crippen LogP contribution in [0.2, 0.25) is 0 Å². The van der Waals surface area contributed by atoms with E-state index in [1.807, 2.05) is 54.6 Å². The summed E-state index contributed by atoms with van der Waals surface area (Å²) in [6.45, 7) is 0.344. The molecule has 0 aliphatic carbocycles. The van der Waals surface area contributed by atoms with Crippen LogP contribution in [0.4, 0.5) is 0 Å². The van der Waals surface area contributed by atoms with Crippen LogP contribution in [0.1, 0.15) is 10.5 Å². The van der Waals surface area contributed by atoms with Gasteiger partial charge in [0.2, 0.25) is 5.69 Å². The summed E-state index contributed by atoms with van der Waals surface area (Å²) in [4.78, 5) is 12.3. The van der Waals surface area contributed by atoms with Crippen molar-refractivity contribution in [1.29, 1.82) is 0 Å². The molecule has 0 amide bonds. The van der Waals surface area contributed by atoms with Gasteiger partial charge in [-0.1, -0.05) is 40.2 Å². The van der Waals surface area contributed by atoms with Crippen LogP contribution in [0.25, 0.3) is 5.69 Å². The van der Waals surface area contributed by atoms with Gasteiger partial charge in [-0.2, -0.15) is 5.10 Å². The quantitative estimate of drug-likeness (QED) is 0.431. The second-order valence-corrected chi connectivity index (χ2v) is 6.18. The highest BCUT2D eigenvalue weighted by Crippen LogP contribution is 2.20. The third-order valence-corrected chi connectivity index (χ3v) is 3.99. The van der Waals surface area contributed by atoms with Gasteiger partial charge in [-0.05, 0) is 30.3 Å². The average molecular weight is 417 g/mol. The molecule has 0 atom stereocenters. The number of methoxy groups -OCH3 is 1. The maximum Gasteiger partial charge on any atom is 0.362 e. The van der Waals surface area contributed by atoms with Crippen molar-refractivity contribution in [3.8, 4) is 17.2 Å². The first-order valence-corrected chi connectivity index (χ1v) is 8.71. The highest BCUT2D eigenvalue weighted by atomic mass is 79.9. The van der Waals surface area contributed by atoms with E-state index < -0.39 is 5.97 Å². The molecule has 0 spiro atoms. The lowest BCUT2D eigenvalue weighted by Crippen LogP contribution is -2.14. The van der Waals surface area contributed by atoms with Crippen LogP contribution in [0, 0.1) is 0 Å². The first-order chi connectivity index (χ1) is 12.7. The molecule has 6 nitrogen and oxygen atoms in total. The first kappa shape index (κ1) is 18.0. The number of aromatic nitrogens is 2. The zero-order valence-electron chi connectivity index (χ0n) is 14.1. The van der Waals surface area contributed by atoms with Crippen LogP contribution in [0.5, 0.6) is 11.5 Å². The van der Waals surface area contributed by atoms with Gasteiger partial charge in [-0.3, -0.25) is 0 Å². The van der Waals surface area contributed by atoms with Crippen molar-refractivity contribution in [3.05, 3.63) is 71.0 Å². The Morgan fingerprint density at radius 2 is 1.92 bits per heavy atom. The van der Waals surface area contributed by atoms with Crippen molar-refractivity contribution in [3.63, 3.8) is 0 Å². The summed E-state index contributed by atoms with van der Waals surface area (Å²) in [5.74, 6) is 0.488. The molecule has 3 aromatic rings. The number of nitrogens with zero attached hydrogens (tertiary/aromatic N) is 2. The van der Waals surface area contributed by atoms with Crippen LogP contribution in [0.15, 0.2) is 65.3 Å². The van der Waals surface area contributed by atoms with E-state index >= 15 is 0 Å². The summed E-state index contributed by atoms with van der Waals surface area (Å²) in [6, 6.07) is 16.9. The summed E-state index contributed by atoms with van der Waals surface area (Å²) in [6.07, 6.45) is 1.64. The molecular weight excluding hydrogens is 400 g/mol. The van der Waals surface area contributed by atoms with Gasteiger partial charge in [0, 0.05) is 4.47 Å². The molecule has 0 N–H and O–H groups in total. The molecule has 0 saturated heterocycles. The predicted octanol–water partition coefficient (Wildman–Crippen LogP) is 3.88. The second kappa shape index (κ2) is 8.53. The van der Waals surface area contributed by atoms with E-state index in [2.05, 4.69) is 21.0 Å². The van der Waals surface area contributed by atoms with Crippen molar-refractivity contribution in [2.24, 2.45) is 0 Å². The molecule has 0 radical (unpaired) electrons. The van der Waals surface area contributed by atoms with Gasteiger partial charge < -0.3 is 14.2 Å². The Labute approximate surface area is 159 Å². The Hall–Kier alpha value is -2.80. The Bertz CT molecular complexity index is 880. The van der Waals surface area contributed by atoms with Crippen LogP contribution >= 0.6 is 15.9 Å². The van der Waals surface area contributed by atoms with Crippen molar-refractivity contribution >= 4 is 21.9 Å². The number of hydrogen-bond acceptors (Lipinski definition) is 5. The average Bonchev–Trinajstić information content (AvgIpc) is 3.10. The van der Waals surface area contributed by atoms with Gasteiger partial charge in [0.05, 0.1) is 19.0 Å². The molecule has 1 aromatic heterocycles. The lowest BCUT2D eigenvalue weighted by atomic mass is 10.3. The van der Waals surface area contributed by atoms with Gasteiger partial charge in [0.15, 0.2) is 5.75 Å². The minimum absolute atomic E-state index is 0.104. The van der Waals surface area contributed by atoms with E-state index in [1.54, 1.807) is 10.9 Å². The molecule has 0 unspecified atom stereocenters.